The van der Waals surface area contributed by atoms with Gasteiger partial charge in [-0.3, -0.25) is 0 Å². The highest BCUT2D eigenvalue weighted by Gasteiger charge is 2.21. The summed E-state index contributed by atoms with van der Waals surface area (Å²) in [6.45, 7) is 0. The van der Waals surface area contributed by atoms with E-state index in [0.29, 0.717) is 0 Å². The van der Waals surface area contributed by atoms with E-state index in [2.05, 4.69) is 216 Å². The summed E-state index contributed by atoms with van der Waals surface area (Å²) >= 11 is 0. The summed E-state index contributed by atoms with van der Waals surface area (Å²) in [4.78, 5) is 2.37. The zero-order chi connectivity index (χ0) is 38.9. The summed E-state index contributed by atoms with van der Waals surface area (Å²) in [5.41, 5.74) is 13.2. The normalized spacial score (nSPS) is 11.7. The van der Waals surface area contributed by atoms with Gasteiger partial charge in [0.25, 0.3) is 0 Å². The van der Waals surface area contributed by atoms with E-state index in [0.717, 1.165) is 50.3 Å². The monoisotopic (exact) mass is 752 g/mol. The average Bonchev–Trinajstić information content (AvgIpc) is 3.85. The Morgan fingerprint density at radius 3 is 1.88 bits per heavy atom. The Morgan fingerprint density at radius 2 is 0.983 bits per heavy atom. The van der Waals surface area contributed by atoms with Gasteiger partial charge in [-0.1, -0.05) is 152 Å². The number of hydrogen-bond acceptors (Lipinski definition) is 2. The number of nitrogens with zero attached hydrogens (tertiary/aromatic N) is 2. The van der Waals surface area contributed by atoms with Crippen LogP contribution >= 0.6 is 0 Å². The molecule has 3 heteroatoms. The number of para-hydroxylation sites is 2. The highest BCUT2D eigenvalue weighted by Crippen LogP contribution is 2.44. The van der Waals surface area contributed by atoms with Gasteiger partial charge >= 0.3 is 0 Å². The Balaban J connectivity index is 1.09. The second kappa shape index (κ2) is 13.4. The molecule has 0 N–H and O–H groups in total. The van der Waals surface area contributed by atoms with E-state index in [1.54, 1.807) is 0 Å². The van der Waals surface area contributed by atoms with Crippen molar-refractivity contribution in [3.63, 3.8) is 0 Å². The summed E-state index contributed by atoms with van der Waals surface area (Å²) in [5.74, 6) is 0. The van der Waals surface area contributed by atoms with Crippen molar-refractivity contribution in [1.29, 1.82) is 0 Å². The van der Waals surface area contributed by atoms with Gasteiger partial charge in [0.1, 0.15) is 11.2 Å². The van der Waals surface area contributed by atoms with Crippen LogP contribution in [0.5, 0.6) is 0 Å². The summed E-state index contributed by atoms with van der Waals surface area (Å²) in [6.07, 6.45) is 0. The Morgan fingerprint density at radius 1 is 0.339 bits per heavy atom. The van der Waals surface area contributed by atoms with Gasteiger partial charge in [-0.15, -0.1) is 0 Å². The van der Waals surface area contributed by atoms with Gasteiger partial charge in [0.05, 0.1) is 11.0 Å². The van der Waals surface area contributed by atoms with Crippen molar-refractivity contribution in [2.24, 2.45) is 0 Å². The molecule has 0 atom stereocenters. The molecule has 10 aromatic carbocycles. The Hall–Kier alpha value is -7.88. The van der Waals surface area contributed by atoms with E-state index in [1.807, 2.05) is 12.1 Å². The van der Waals surface area contributed by atoms with Crippen LogP contribution in [-0.4, -0.2) is 4.57 Å². The number of hydrogen-bond donors (Lipinski definition) is 0. The van der Waals surface area contributed by atoms with Gasteiger partial charge in [-0.2, -0.15) is 0 Å². The first-order valence-electron chi connectivity index (χ1n) is 20.2. The lowest BCUT2D eigenvalue weighted by atomic mass is 9.92. The molecule has 12 rings (SSSR count). The molecule has 0 amide bonds. The largest absolute Gasteiger partial charge is 0.456 e. The standard InChI is InChI=1S/C56H36N2O/c1-2-14-37(15-3-1)40-19-10-20-41(34-40)57(44-31-33-54-50(36-44)47-24-7-9-29-53(47)59-54)42-21-13-22-43(35-42)58-51-28-8-6-25-49(51)56-52(58)32-30-39-18-12-27-48(55(39)56)46-26-11-17-38-16-4-5-23-45(38)46/h1-36H. The summed E-state index contributed by atoms with van der Waals surface area (Å²) in [6, 6.07) is 78.8. The van der Waals surface area contributed by atoms with E-state index in [4.69, 9.17) is 4.42 Å². The van der Waals surface area contributed by atoms with Gasteiger partial charge in [-0.05, 0) is 111 Å². The minimum absolute atomic E-state index is 0.877. The number of furan rings is 1. The number of anilines is 3. The maximum atomic E-state index is 6.29. The van der Waals surface area contributed by atoms with E-state index < -0.39 is 0 Å². The smallest absolute Gasteiger partial charge is 0.135 e. The van der Waals surface area contributed by atoms with Crippen molar-refractivity contribution in [2.45, 2.75) is 0 Å². The lowest BCUT2D eigenvalue weighted by molar-refractivity contribution is 0.669. The Kier molecular flexibility index (Phi) is 7.54. The first-order valence-corrected chi connectivity index (χ1v) is 20.2. The molecule has 0 radical (unpaired) electrons. The van der Waals surface area contributed by atoms with Crippen LogP contribution in [0.1, 0.15) is 0 Å². The molecule has 276 valence electrons. The van der Waals surface area contributed by atoms with Crippen molar-refractivity contribution < 1.29 is 4.42 Å². The molecule has 2 aromatic heterocycles. The first-order chi connectivity index (χ1) is 29.3. The van der Waals surface area contributed by atoms with Gasteiger partial charge in [0.15, 0.2) is 0 Å². The van der Waals surface area contributed by atoms with Gasteiger partial charge in [0, 0.05) is 44.3 Å². The molecule has 0 fully saturated rings. The molecule has 3 nitrogen and oxygen atoms in total. The minimum atomic E-state index is 0.877. The molecule has 0 aliphatic heterocycles. The molecule has 0 aliphatic carbocycles. The lowest BCUT2D eigenvalue weighted by Crippen LogP contribution is -2.10. The van der Waals surface area contributed by atoms with Crippen LogP contribution < -0.4 is 4.90 Å². The predicted molar refractivity (Wildman–Crippen MR) is 249 cm³/mol. The molecule has 0 spiro atoms. The first kappa shape index (κ1) is 33.3. The van der Waals surface area contributed by atoms with E-state index in [1.165, 1.54) is 60.0 Å². The maximum Gasteiger partial charge on any atom is 0.135 e. The number of benzene rings is 10. The molecule has 0 saturated carbocycles. The molecule has 0 bridgehead atoms. The summed E-state index contributed by atoms with van der Waals surface area (Å²) in [5, 5.41) is 9.69. The van der Waals surface area contributed by atoms with Gasteiger partial charge in [0.2, 0.25) is 0 Å². The second-order valence-electron chi connectivity index (χ2n) is 15.3. The van der Waals surface area contributed by atoms with Crippen molar-refractivity contribution >= 4 is 82.4 Å². The van der Waals surface area contributed by atoms with E-state index in [9.17, 15) is 0 Å². The summed E-state index contributed by atoms with van der Waals surface area (Å²) < 4.78 is 8.73. The van der Waals surface area contributed by atoms with Crippen molar-refractivity contribution in [3.8, 4) is 27.9 Å². The number of aromatic nitrogens is 1. The van der Waals surface area contributed by atoms with Crippen molar-refractivity contribution in [1.82, 2.24) is 4.57 Å². The minimum Gasteiger partial charge on any atom is -0.456 e. The molecular formula is C56H36N2O. The Labute approximate surface area is 341 Å². The van der Waals surface area contributed by atoms with E-state index >= 15 is 0 Å². The zero-order valence-corrected chi connectivity index (χ0v) is 32.1. The molecule has 59 heavy (non-hydrogen) atoms. The van der Waals surface area contributed by atoms with Crippen LogP contribution in [0.2, 0.25) is 0 Å². The third kappa shape index (κ3) is 5.36. The van der Waals surface area contributed by atoms with Crippen molar-refractivity contribution in [2.75, 3.05) is 4.90 Å². The highest BCUT2D eigenvalue weighted by molar-refractivity contribution is 6.26. The molecule has 2 heterocycles. The maximum absolute atomic E-state index is 6.29. The molecular weight excluding hydrogens is 717 g/mol. The van der Waals surface area contributed by atoms with Crippen LogP contribution in [0, 0.1) is 0 Å². The van der Waals surface area contributed by atoms with Crippen LogP contribution in [0.3, 0.4) is 0 Å². The highest BCUT2D eigenvalue weighted by atomic mass is 16.3. The zero-order valence-electron chi connectivity index (χ0n) is 32.1. The lowest BCUT2D eigenvalue weighted by Gasteiger charge is -2.27. The number of fused-ring (bicyclic) bond motifs is 9. The average molecular weight is 753 g/mol. The summed E-state index contributed by atoms with van der Waals surface area (Å²) in [7, 11) is 0. The van der Waals surface area contributed by atoms with Gasteiger partial charge in [-0.25, -0.2) is 0 Å². The fraction of sp³-hybridized carbons (Fsp3) is 0. The molecule has 12 aromatic rings. The Bertz CT molecular complexity index is 3570. The number of rotatable bonds is 6. The third-order valence-corrected chi connectivity index (χ3v) is 11.9. The van der Waals surface area contributed by atoms with Crippen molar-refractivity contribution in [3.05, 3.63) is 218 Å². The predicted octanol–water partition coefficient (Wildman–Crippen LogP) is 15.8. The van der Waals surface area contributed by atoms with Crippen LogP contribution in [0.25, 0.3) is 93.2 Å². The fourth-order valence-electron chi connectivity index (χ4n) is 9.33. The van der Waals surface area contributed by atoms with Gasteiger partial charge < -0.3 is 13.9 Å². The molecule has 0 saturated heterocycles. The molecule has 0 aliphatic rings. The topological polar surface area (TPSA) is 21.3 Å². The van der Waals surface area contributed by atoms with Crippen LogP contribution in [0.15, 0.2) is 223 Å². The van der Waals surface area contributed by atoms with Crippen LogP contribution in [0.4, 0.5) is 17.1 Å². The third-order valence-electron chi connectivity index (χ3n) is 11.9. The van der Waals surface area contributed by atoms with Crippen LogP contribution in [-0.2, 0) is 0 Å². The second-order valence-corrected chi connectivity index (χ2v) is 15.3. The van der Waals surface area contributed by atoms with E-state index in [-0.39, 0.29) is 0 Å². The quantitative estimate of drug-likeness (QED) is 0.169. The molecule has 0 unspecified atom stereocenters. The fourth-order valence-corrected chi connectivity index (χ4v) is 9.33. The SMILES string of the molecule is c1ccc(-c2cccc(N(c3cccc(-n4c5ccccc5c5c6c(-c7cccc8ccccc78)cccc6ccc54)c3)c3ccc4oc5ccccc5c4c3)c2)cc1.